The van der Waals surface area contributed by atoms with Crippen LogP contribution in [-0.2, 0) is 27.7 Å². The zero-order valence-electron chi connectivity index (χ0n) is 12.4. The normalized spacial score (nSPS) is 9.47. The third-order valence-electron chi connectivity index (χ3n) is 1.87. The first kappa shape index (κ1) is 19.9. The average molecular weight is 293 g/mol. The van der Waals surface area contributed by atoms with E-state index in [4.69, 9.17) is 0 Å². The Morgan fingerprint density at radius 3 is 1.21 bits per heavy atom. The van der Waals surface area contributed by atoms with Gasteiger partial charge >= 0.3 is 9.53 Å². The Morgan fingerprint density at radius 2 is 1.11 bits per heavy atom. The molecule has 0 aliphatic heterocycles. The number of carbonyl (C=O) groups excluding carboxylic acids is 3. The second kappa shape index (κ2) is 11.7. The molecule has 0 radical (unpaired) electrons. The first-order valence-electron chi connectivity index (χ1n) is 5.93. The smallest absolute Gasteiger partial charge is 0.458 e. The maximum Gasteiger partial charge on any atom is 0.689 e. The maximum atomic E-state index is 10.4. The molecule has 112 valence electrons. The second-order valence-electron chi connectivity index (χ2n) is 3.61. The van der Waals surface area contributed by atoms with Crippen molar-refractivity contribution in [1.82, 2.24) is 4.90 Å². The molecule has 0 fully saturated rings. The Labute approximate surface area is 115 Å². The fourth-order valence-corrected chi connectivity index (χ4v) is 1.66. The molecule has 19 heavy (non-hydrogen) atoms. The minimum absolute atomic E-state index is 0.654. The number of carbonyl (C=O) groups is 3. The molecule has 0 atom stereocenters. The van der Waals surface area contributed by atoms with E-state index in [1.54, 1.807) is 0 Å². The molecule has 0 aromatic rings. The highest BCUT2D eigenvalue weighted by atomic mass is 28.3. The molecule has 0 saturated heterocycles. The predicted octanol–water partition coefficient (Wildman–Crippen LogP) is 0.351. The topological polar surface area (TPSA) is 82.1 Å². The van der Waals surface area contributed by atoms with E-state index in [0.717, 1.165) is 33.9 Å². The molecule has 0 N–H and O–H groups in total. The minimum atomic E-state index is -2.96. The van der Waals surface area contributed by atoms with Crippen LogP contribution in [0.3, 0.4) is 0 Å². The molecular weight excluding hydrogens is 270 g/mol. The highest BCUT2D eigenvalue weighted by molar-refractivity contribution is 6.43. The Balaban J connectivity index is 0. The third-order valence-corrected chi connectivity index (χ3v) is 3.44. The largest absolute Gasteiger partial charge is 0.689 e. The van der Waals surface area contributed by atoms with Gasteiger partial charge in [-0.1, -0.05) is 13.8 Å². The van der Waals surface area contributed by atoms with E-state index >= 15 is 0 Å². The third kappa shape index (κ3) is 16.6. The number of hydrogen-bond acceptors (Lipinski definition) is 7. The van der Waals surface area contributed by atoms with Crippen molar-refractivity contribution in [2.24, 2.45) is 0 Å². The monoisotopic (exact) mass is 293 g/mol. The lowest BCUT2D eigenvalue weighted by Crippen LogP contribution is -2.32. The van der Waals surface area contributed by atoms with Gasteiger partial charge in [0.1, 0.15) is 0 Å². The molecule has 0 aromatic heterocycles. The summed E-state index contributed by atoms with van der Waals surface area (Å²) in [6.45, 7) is 10.0. The van der Waals surface area contributed by atoms with Crippen LogP contribution in [0.1, 0.15) is 34.6 Å². The summed E-state index contributed by atoms with van der Waals surface area (Å²) >= 11 is 0. The molecule has 0 unspecified atom stereocenters. The number of hydrogen-bond donors (Lipinski definition) is 0. The van der Waals surface area contributed by atoms with Gasteiger partial charge in [0, 0.05) is 20.8 Å². The predicted molar refractivity (Wildman–Crippen MR) is 71.3 cm³/mol. The molecule has 0 rings (SSSR count). The average Bonchev–Trinajstić information content (AvgIpc) is 2.26. The van der Waals surface area contributed by atoms with Gasteiger partial charge in [-0.2, -0.15) is 0 Å². The molecule has 0 bridgehead atoms. The lowest BCUT2D eigenvalue weighted by atomic mass is 10.6. The minimum Gasteiger partial charge on any atom is -0.458 e. The van der Waals surface area contributed by atoms with Crippen LogP contribution in [0.15, 0.2) is 0 Å². The van der Waals surface area contributed by atoms with Gasteiger partial charge in [0.25, 0.3) is 17.9 Å². The molecule has 8 heteroatoms. The molecule has 0 heterocycles. The van der Waals surface area contributed by atoms with Gasteiger partial charge in [-0.05, 0) is 20.1 Å². The molecule has 0 aromatic carbocycles. The van der Waals surface area contributed by atoms with Crippen molar-refractivity contribution in [1.29, 1.82) is 0 Å². The van der Waals surface area contributed by atoms with E-state index in [1.807, 2.05) is 0 Å². The molecule has 0 aliphatic rings. The quantitative estimate of drug-likeness (QED) is 0.676. The van der Waals surface area contributed by atoms with Crippen molar-refractivity contribution in [3.05, 3.63) is 0 Å². The maximum absolute atomic E-state index is 10.4. The van der Waals surface area contributed by atoms with Crippen LogP contribution in [0.2, 0.25) is 0 Å². The molecule has 0 spiro atoms. The summed E-state index contributed by atoms with van der Waals surface area (Å²) in [7, 11) is -0.845. The van der Waals surface area contributed by atoms with Crippen molar-refractivity contribution >= 4 is 27.4 Å². The zero-order valence-corrected chi connectivity index (χ0v) is 13.5. The van der Waals surface area contributed by atoms with E-state index < -0.39 is 27.4 Å². The summed E-state index contributed by atoms with van der Waals surface area (Å²) in [6.07, 6.45) is 0. The second-order valence-corrected chi connectivity index (χ2v) is 4.89. The van der Waals surface area contributed by atoms with Crippen molar-refractivity contribution < 1.29 is 27.7 Å². The van der Waals surface area contributed by atoms with Crippen LogP contribution in [0.4, 0.5) is 0 Å². The summed E-state index contributed by atoms with van der Waals surface area (Å²) in [4.78, 5) is 33.6. The van der Waals surface area contributed by atoms with E-state index in [1.165, 1.54) is 0 Å². The molecule has 0 saturated carbocycles. The summed E-state index contributed by atoms with van der Waals surface area (Å²) in [6, 6.07) is 0. The highest BCUT2D eigenvalue weighted by Gasteiger charge is 2.25. The van der Waals surface area contributed by atoms with Crippen molar-refractivity contribution in [2.75, 3.05) is 20.1 Å². The van der Waals surface area contributed by atoms with Crippen LogP contribution in [0, 0.1) is 0 Å². The van der Waals surface area contributed by atoms with Crippen LogP contribution in [0.5, 0.6) is 0 Å². The standard InChI is InChI=1S/C6H10O6Si.C5H13N/c1-4(7)10-13(11-5(2)8)12-6(3)9;1-4-6(3)5-2/h13H,1-3H3;4-5H2,1-3H3. The van der Waals surface area contributed by atoms with Gasteiger partial charge < -0.3 is 18.2 Å². The van der Waals surface area contributed by atoms with Crippen LogP contribution in [-0.4, -0.2) is 52.5 Å². The summed E-state index contributed by atoms with van der Waals surface area (Å²) in [5.74, 6) is -1.96. The van der Waals surface area contributed by atoms with Crippen LogP contribution >= 0.6 is 0 Å². The highest BCUT2D eigenvalue weighted by Crippen LogP contribution is 1.94. The summed E-state index contributed by atoms with van der Waals surface area (Å²) in [5, 5.41) is 0. The van der Waals surface area contributed by atoms with Crippen molar-refractivity contribution in [3.8, 4) is 0 Å². The fraction of sp³-hybridized carbons (Fsp3) is 0.727. The number of nitrogens with zero attached hydrogens (tertiary/aromatic N) is 1. The van der Waals surface area contributed by atoms with Gasteiger partial charge in [-0.15, -0.1) is 0 Å². The van der Waals surface area contributed by atoms with E-state index in [2.05, 4.69) is 39.1 Å². The van der Waals surface area contributed by atoms with E-state index in [0.29, 0.717) is 0 Å². The van der Waals surface area contributed by atoms with Gasteiger partial charge in [-0.3, -0.25) is 14.4 Å². The first-order valence-corrected chi connectivity index (χ1v) is 7.34. The molecule has 7 nitrogen and oxygen atoms in total. The van der Waals surface area contributed by atoms with Crippen molar-refractivity contribution in [3.63, 3.8) is 0 Å². The Hall–Kier alpha value is -1.41. The van der Waals surface area contributed by atoms with E-state index in [9.17, 15) is 14.4 Å². The molecule has 0 amide bonds. The SMILES string of the molecule is CC(=O)O[SiH](OC(C)=O)OC(C)=O.CCN(C)CC. The lowest BCUT2D eigenvalue weighted by Gasteiger charge is -2.12. The lowest BCUT2D eigenvalue weighted by molar-refractivity contribution is -0.144. The molecular formula is C11H23NO6Si. The van der Waals surface area contributed by atoms with Gasteiger partial charge in [-0.25, -0.2) is 0 Å². The van der Waals surface area contributed by atoms with Crippen LogP contribution < -0.4 is 0 Å². The zero-order chi connectivity index (χ0) is 15.4. The Kier molecular flexibility index (Phi) is 12.2. The molecule has 0 aliphatic carbocycles. The number of rotatable bonds is 5. The Morgan fingerprint density at radius 1 is 0.842 bits per heavy atom. The van der Waals surface area contributed by atoms with Crippen molar-refractivity contribution in [2.45, 2.75) is 34.6 Å². The Bertz CT molecular complexity index is 255. The van der Waals surface area contributed by atoms with Crippen LogP contribution in [0.25, 0.3) is 0 Å². The van der Waals surface area contributed by atoms with Gasteiger partial charge in [0.05, 0.1) is 0 Å². The van der Waals surface area contributed by atoms with E-state index in [-0.39, 0.29) is 0 Å². The summed E-state index contributed by atoms with van der Waals surface area (Å²) < 4.78 is 13.5. The summed E-state index contributed by atoms with van der Waals surface area (Å²) in [5.41, 5.74) is 0. The first-order chi connectivity index (χ1) is 8.72. The fourth-order valence-electron chi connectivity index (χ4n) is 0.702. The van der Waals surface area contributed by atoms with Gasteiger partial charge in [0.15, 0.2) is 0 Å². The van der Waals surface area contributed by atoms with Gasteiger partial charge in [0.2, 0.25) is 0 Å².